The van der Waals surface area contributed by atoms with Crippen LogP contribution in [0.4, 0.5) is 4.39 Å². The molecule has 5 heteroatoms. The number of halogens is 1. The van der Waals surface area contributed by atoms with Crippen LogP contribution in [-0.2, 0) is 13.6 Å². The minimum atomic E-state index is -0.401. The van der Waals surface area contributed by atoms with Gasteiger partial charge in [0.2, 0.25) is 5.88 Å². The van der Waals surface area contributed by atoms with Crippen molar-refractivity contribution in [3.05, 3.63) is 40.8 Å². The zero-order valence-electron chi connectivity index (χ0n) is 10.7. The van der Waals surface area contributed by atoms with Gasteiger partial charge in [-0.15, -0.1) is 0 Å². The zero-order valence-corrected chi connectivity index (χ0v) is 10.7. The lowest BCUT2D eigenvalue weighted by Gasteiger charge is -2.09. The molecule has 0 saturated carbocycles. The van der Waals surface area contributed by atoms with E-state index >= 15 is 0 Å². The highest BCUT2D eigenvalue weighted by molar-refractivity contribution is 5.37. The topological polar surface area (TPSA) is 53.1 Å². The Balaban J connectivity index is 2.42. The molecular weight excluding hydrogens is 233 g/mol. The maximum Gasteiger partial charge on any atom is 0.222 e. The Morgan fingerprint density at radius 3 is 2.78 bits per heavy atom. The van der Waals surface area contributed by atoms with Crippen LogP contribution in [0.15, 0.2) is 18.2 Å². The second-order valence-corrected chi connectivity index (χ2v) is 4.23. The molecule has 0 fully saturated rings. The van der Waals surface area contributed by atoms with E-state index in [1.54, 1.807) is 23.9 Å². The van der Waals surface area contributed by atoms with Crippen molar-refractivity contribution in [2.45, 2.75) is 20.4 Å². The average molecular weight is 249 g/mol. The molecule has 2 rings (SSSR count). The molecule has 0 atom stereocenters. The Morgan fingerprint density at radius 1 is 1.39 bits per heavy atom. The standard InChI is InChI=1S/C13H16FN3O/c1-8-4-5-11(14)12(6-8)18-13-10(7-15)9(2)16-17(13)3/h4-6H,7,15H2,1-3H3. The number of aromatic nitrogens is 2. The van der Waals surface area contributed by atoms with Gasteiger partial charge in [0.1, 0.15) is 0 Å². The first kappa shape index (κ1) is 12.6. The van der Waals surface area contributed by atoms with E-state index in [9.17, 15) is 4.39 Å². The van der Waals surface area contributed by atoms with E-state index in [-0.39, 0.29) is 5.75 Å². The molecule has 0 radical (unpaired) electrons. The molecule has 0 aliphatic carbocycles. The number of ether oxygens (including phenoxy) is 1. The molecule has 1 heterocycles. The fourth-order valence-corrected chi connectivity index (χ4v) is 1.84. The summed E-state index contributed by atoms with van der Waals surface area (Å²) >= 11 is 0. The summed E-state index contributed by atoms with van der Waals surface area (Å²) in [6.45, 7) is 4.04. The SMILES string of the molecule is Cc1ccc(F)c(Oc2c(CN)c(C)nn2C)c1. The van der Waals surface area contributed by atoms with E-state index in [0.717, 1.165) is 16.8 Å². The van der Waals surface area contributed by atoms with Gasteiger partial charge < -0.3 is 10.5 Å². The highest BCUT2D eigenvalue weighted by Crippen LogP contribution is 2.29. The third kappa shape index (κ3) is 2.22. The molecule has 0 aliphatic rings. The second kappa shape index (κ2) is 4.78. The van der Waals surface area contributed by atoms with Crippen molar-refractivity contribution in [1.82, 2.24) is 9.78 Å². The molecule has 0 amide bonds. The highest BCUT2D eigenvalue weighted by atomic mass is 19.1. The Bertz CT molecular complexity index is 578. The monoisotopic (exact) mass is 249 g/mol. The maximum absolute atomic E-state index is 13.6. The Kier molecular flexibility index (Phi) is 3.34. The van der Waals surface area contributed by atoms with Crippen molar-refractivity contribution in [2.75, 3.05) is 0 Å². The van der Waals surface area contributed by atoms with Gasteiger partial charge in [-0.1, -0.05) is 6.07 Å². The van der Waals surface area contributed by atoms with Crippen molar-refractivity contribution in [3.8, 4) is 11.6 Å². The lowest BCUT2D eigenvalue weighted by molar-refractivity contribution is 0.399. The van der Waals surface area contributed by atoms with Crippen LogP contribution in [0, 0.1) is 19.7 Å². The van der Waals surface area contributed by atoms with Gasteiger partial charge in [0.15, 0.2) is 11.6 Å². The smallest absolute Gasteiger partial charge is 0.222 e. The molecule has 1 aromatic heterocycles. The maximum atomic E-state index is 13.6. The van der Waals surface area contributed by atoms with E-state index in [1.165, 1.54) is 6.07 Å². The number of nitrogens with zero attached hydrogens (tertiary/aromatic N) is 2. The molecule has 96 valence electrons. The van der Waals surface area contributed by atoms with Crippen LogP contribution >= 0.6 is 0 Å². The molecule has 4 nitrogen and oxygen atoms in total. The summed E-state index contributed by atoms with van der Waals surface area (Å²) in [5.41, 5.74) is 8.17. The van der Waals surface area contributed by atoms with E-state index in [4.69, 9.17) is 10.5 Å². The fraction of sp³-hybridized carbons (Fsp3) is 0.308. The van der Waals surface area contributed by atoms with Gasteiger partial charge in [-0.05, 0) is 31.5 Å². The number of hydrogen-bond donors (Lipinski definition) is 1. The normalized spacial score (nSPS) is 10.7. The average Bonchev–Trinajstić information content (AvgIpc) is 2.58. The Labute approximate surface area is 105 Å². The predicted octanol–water partition coefficient (Wildman–Crippen LogP) is 2.43. The number of rotatable bonds is 3. The van der Waals surface area contributed by atoms with Crippen LogP contribution in [-0.4, -0.2) is 9.78 Å². The van der Waals surface area contributed by atoms with E-state index < -0.39 is 5.82 Å². The Hall–Kier alpha value is -1.88. The molecule has 0 saturated heterocycles. The van der Waals surface area contributed by atoms with E-state index in [0.29, 0.717) is 12.4 Å². The summed E-state index contributed by atoms with van der Waals surface area (Å²) in [4.78, 5) is 0. The van der Waals surface area contributed by atoms with Gasteiger partial charge in [0, 0.05) is 13.6 Å². The first-order valence-corrected chi connectivity index (χ1v) is 5.69. The van der Waals surface area contributed by atoms with Crippen LogP contribution in [0.1, 0.15) is 16.8 Å². The molecular formula is C13H16FN3O. The summed E-state index contributed by atoms with van der Waals surface area (Å²) in [5.74, 6) is 0.273. The van der Waals surface area contributed by atoms with Gasteiger partial charge in [-0.25, -0.2) is 9.07 Å². The molecule has 0 bridgehead atoms. The van der Waals surface area contributed by atoms with Crippen molar-refractivity contribution in [2.24, 2.45) is 12.8 Å². The molecule has 0 unspecified atom stereocenters. The molecule has 0 aliphatic heterocycles. The summed E-state index contributed by atoms with van der Waals surface area (Å²) in [6.07, 6.45) is 0. The molecule has 2 aromatic rings. The number of hydrogen-bond acceptors (Lipinski definition) is 3. The van der Waals surface area contributed by atoms with Crippen LogP contribution in [0.25, 0.3) is 0 Å². The van der Waals surface area contributed by atoms with Crippen molar-refractivity contribution < 1.29 is 9.13 Å². The van der Waals surface area contributed by atoms with Gasteiger partial charge in [0.25, 0.3) is 0 Å². The summed E-state index contributed by atoms with van der Waals surface area (Å²) in [6, 6.07) is 4.73. The zero-order chi connectivity index (χ0) is 13.3. The fourth-order valence-electron chi connectivity index (χ4n) is 1.84. The minimum Gasteiger partial charge on any atom is -0.436 e. The van der Waals surface area contributed by atoms with Crippen molar-refractivity contribution in [3.63, 3.8) is 0 Å². The third-order valence-electron chi connectivity index (χ3n) is 2.79. The molecule has 2 N–H and O–H groups in total. The number of benzene rings is 1. The third-order valence-corrected chi connectivity index (χ3v) is 2.79. The summed E-state index contributed by atoms with van der Waals surface area (Å²) < 4.78 is 20.8. The lowest BCUT2D eigenvalue weighted by Crippen LogP contribution is -2.02. The van der Waals surface area contributed by atoms with Crippen LogP contribution in [0.5, 0.6) is 11.6 Å². The van der Waals surface area contributed by atoms with E-state index in [2.05, 4.69) is 5.10 Å². The van der Waals surface area contributed by atoms with Gasteiger partial charge in [0.05, 0.1) is 11.3 Å². The number of nitrogens with two attached hydrogens (primary N) is 1. The quantitative estimate of drug-likeness (QED) is 0.908. The predicted molar refractivity (Wildman–Crippen MR) is 67.0 cm³/mol. The molecule has 1 aromatic carbocycles. The largest absolute Gasteiger partial charge is 0.436 e. The van der Waals surface area contributed by atoms with Crippen LogP contribution < -0.4 is 10.5 Å². The second-order valence-electron chi connectivity index (χ2n) is 4.23. The first-order valence-electron chi connectivity index (χ1n) is 5.69. The number of aryl methyl sites for hydroxylation is 3. The van der Waals surface area contributed by atoms with Gasteiger partial charge >= 0.3 is 0 Å². The minimum absolute atomic E-state index is 0.188. The van der Waals surface area contributed by atoms with Crippen LogP contribution in [0.2, 0.25) is 0 Å². The summed E-state index contributed by atoms with van der Waals surface area (Å²) in [7, 11) is 1.75. The summed E-state index contributed by atoms with van der Waals surface area (Å²) in [5, 5.41) is 4.22. The lowest BCUT2D eigenvalue weighted by atomic mass is 10.2. The van der Waals surface area contributed by atoms with Crippen LogP contribution in [0.3, 0.4) is 0 Å². The molecule has 0 spiro atoms. The van der Waals surface area contributed by atoms with Gasteiger partial charge in [-0.2, -0.15) is 5.10 Å². The van der Waals surface area contributed by atoms with E-state index in [1.807, 2.05) is 13.8 Å². The van der Waals surface area contributed by atoms with Crippen molar-refractivity contribution in [1.29, 1.82) is 0 Å². The van der Waals surface area contributed by atoms with Crippen molar-refractivity contribution >= 4 is 0 Å². The highest BCUT2D eigenvalue weighted by Gasteiger charge is 2.15. The molecule has 18 heavy (non-hydrogen) atoms. The van der Waals surface area contributed by atoms with Gasteiger partial charge in [-0.3, -0.25) is 0 Å². The Morgan fingerprint density at radius 2 is 2.11 bits per heavy atom. The first-order chi connectivity index (χ1) is 8.52.